The number of hydrogen-bond acceptors (Lipinski definition) is 4. The zero-order chi connectivity index (χ0) is 13.3. The fourth-order valence-electron chi connectivity index (χ4n) is 2.12. The molecule has 1 atom stereocenters. The first-order valence-electron chi connectivity index (χ1n) is 5.73. The Kier molecular flexibility index (Phi) is 3.74. The van der Waals surface area contributed by atoms with E-state index in [1.807, 2.05) is 6.92 Å². The highest BCUT2D eigenvalue weighted by Gasteiger charge is 2.33. The predicted octanol–water partition coefficient (Wildman–Crippen LogP) is 1.55. The van der Waals surface area contributed by atoms with E-state index in [1.54, 1.807) is 6.07 Å². The molecule has 0 amide bonds. The van der Waals surface area contributed by atoms with E-state index in [-0.39, 0.29) is 16.7 Å². The third-order valence-corrected chi connectivity index (χ3v) is 6.58. The summed E-state index contributed by atoms with van der Waals surface area (Å²) in [6, 6.07) is 3.11. The summed E-state index contributed by atoms with van der Waals surface area (Å²) in [5.74, 6) is -0.949. The Morgan fingerprint density at radius 2 is 2.28 bits per heavy atom. The summed E-state index contributed by atoms with van der Waals surface area (Å²) >= 11 is 1.05. The van der Waals surface area contributed by atoms with Crippen molar-refractivity contribution in [2.45, 2.75) is 36.4 Å². The Balaban J connectivity index is 2.24. The van der Waals surface area contributed by atoms with E-state index in [0.717, 1.165) is 24.2 Å². The maximum atomic E-state index is 12.3. The van der Waals surface area contributed by atoms with Gasteiger partial charge in [-0.3, -0.25) is 4.79 Å². The molecule has 2 heterocycles. The summed E-state index contributed by atoms with van der Waals surface area (Å²) in [5, 5.41) is 8.68. The first-order valence-corrected chi connectivity index (χ1v) is 7.99. The van der Waals surface area contributed by atoms with E-state index < -0.39 is 16.0 Å². The van der Waals surface area contributed by atoms with Gasteiger partial charge in [0.05, 0.1) is 6.42 Å². The highest BCUT2D eigenvalue weighted by molar-refractivity contribution is 7.91. The van der Waals surface area contributed by atoms with E-state index in [9.17, 15) is 13.2 Å². The van der Waals surface area contributed by atoms with Crippen LogP contribution >= 0.6 is 11.3 Å². The molecule has 2 rings (SSSR count). The summed E-state index contributed by atoms with van der Waals surface area (Å²) in [6.07, 6.45) is 1.64. The Hall–Kier alpha value is -0.920. The van der Waals surface area contributed by atoms with Crippen molar-refractivity contribution in [3.05, 3.63) is 17.0 Å². The van der Waals surface area contributed by atoms with Crippen LogP contribution < -0.4 is 0 Å². The van der Waals surface area contributed by atoms with E-state index in [4.69, 9.17) is 5.11 Å². The topological polar surface area (TPSA) is 74.7 Å². The quantitative estimate of drug-likeness (QED) is 0.912. The summed E-state index contributed by atoms with van der Waals surface area (Å²) < 4.78 is 26.4. The van der Waals surface area contributed by atoms with Gasteiger partial charge in [-0.2, -0.15) is 4.31 Å². The zero-order valence-corrected chi connectivity index (χ0v) is 11.6. The average molecular weight is 289 g/mol. The molecule has 18 heavy (non-hydrogen) atoms. The minimum absolute atomic E-state index is 0.0278. The normalized spacial score (nSPS) is 21.3. The molecule has 0 bridgehead atoms. The molecule has 7 heteroatoms. The molecule has 5 nitrogen and oxygen atoms in total. The Bertz CT molecular complexity index is 549. The number of carboxylic acids is 1. The van der Waals surface area contributed by atoms with Gasteiger partial charge in [-0.05, 0) is 31.9 Å². The fourth-order valence-corrected chi connectivity index (χ4v) is 5.30. The number of hydrogen-bond donors (Lipinski definition) is 1. The van der Waals surface area contributed by atoms with Crippen LogP contribution in [0.15, 0.2) is 16.3 Å². The van der Waals surface area contributed by atoms with Crippen LogP contribution in [0.1, 0.15) is 24.6 Å². The predicted molar refractivity (Wildman–Crippen MR) is 68.2 cm³/mol. The second-order valence-corrected chi connectivity index (χ2v) is 7.68. The summed E-state index contributed by atoms with van der Waals surface area (Å²) in [6.45, 7) is 2.45. The molecular formula is C11H15NO4S2. The van der Waals surface area contributed by atoms with E-state index in [2.05, 4.69) is 0 Å². The number of rotatable bonds is 4. The highest BCUT2D eigenvalue weighted by Crippen LogP contribution is 2.30. The van der Waals surface area contributed by atoms with Gasteiger partial charge in [0.25, 0.3) is 10.0 Å². The number of thiophene rings is 1. The van der Waals surface area contributed by atoms with Crippen molar-refractivity contribution in [2.24, 2.45) is 0 Å². The lowest BCUT2D eigenvalue weighted by Crippen LogP contribution is -2.33. The van der Waals surface area contributed by atoms with Crippen molar-refractivity contribution < 1.29 is 18.3 Å². The van der Waals surface area contributed by atoms with Crippen LogP contribution in [0.3, 0.4) is 0 Å². The van der Waals surface area contributed by atoms with E-state index >= 15 is 0 Å². The van der Waals surface area contributed by atoms with Crippen molar-refractivity contribution in [2.75, 3.05) is 6.54 Å². The van der Waals surface area contributed by atoms with Crippen molar-refractivity contribution in [3.63, 3.8) is 0 Å². The number of nitrogens with zero attached hydrogens (tertiary/aromatic N) is 1. The summed E-state index contributed by atoms with van der Waals surface area (Å²) in [7, 11) is -3.44. The average Bonchev–Trinajstić information content (AvgIpc) is 2.86. The smallest absolute Gasteiger partial charge is 0.308 e. The molecule has 1 fully saturated rings. The van der Waals surface area contributed by atoms with Gasteiger partial charge in [-0.1, -0.05) is 0 Å². The molecule has 0 spiro atoms. The number of sulfonamides is 1. The van der Waals surface area contributed by atoms with E-state index in [0.29, 0.717) is 11.4 Å². The Morgan fingerprint density at radius 3 is 2.83 bits per heavy atom. The summed E-state index contributed by atoms with van der Waals surface area (Å²) in [5.41, 5.74) is 0. The molecule has 1 aliphatic heterocycles. The minimum atomic E-state index is -3.44. The standard InChI is InChI=1S/C11H15NO4S2/c1-8-3-2-6-12(8)18(15,16)11-5-4-9(17-11)7-10(13)14/h4-5,8H,2-3,6-7H2,1H3,(H,13,14). The molecule has 0 aliphatic carbocycles. The molecule has 1 aromatic rings. The molecule has 0 saturated carbocycles. The number of aliphatic carboxylic acids is 1. The maximum Gasteiger partial charge on any atom is 0.308 e. The van der Waals surface area contributed by atoms with E-state index in [1.165, 1.54) is 10.4 Å². The molecule has 1 saturated heterocycles. The SMILES string of the molecule is CC1CCCN1S(=O)(=O)c1ccc(CC(=O)O)s1. The number of carbonyl (C=O) groups is 1. The number of carboxylic acid groups (broad SMARTS) is 1. The van der Waals surface area contributed by atoms with Crippen LogP contribution in [0.5, 0.6) is 0 Å². The van der Waals surface area contributed by atoms with Gasteiger partial charge in [0, 0.05) is 17.5 Å². The van der Waals surface area contributed by atoms with Gasteiger partial charge in [0.2, 0.25) is 0 Å². The maximum absolute atomic E-state index is 12.3. The largest absolute Gasteiger partial charge is 0.481 e. The molecule has 100 valence electrons. The lowest BCUT2D eigenvalue weighted by molar-refractivity contribution is -0.136. The summed E-state index contributed by atoms with van der Waals surface area (Å²) in [4.78, 5) is 11.1. The van der Waals surface area contributed by atoms with Gasteiger partial charge in [0.15, 0.2) is 0 Å². The van der Waals surface area contributed by atoms with Gasteiger partial charge >= 0.3 is 5.97 Å². The third kappa shape index (κ3) is 2.57. The van der Waals surface area contributed by atoms with Crippen molar-refractivity contribution in [3.8, 4) is 0 Å². The van der Waals surface area contributed by atoms with Gasteiger partial charge < -0.3 is 5.11 Å². The molecule has 1 unspecified atom stereocenters. The van der Waals surface area contributed by atoms with Crippen LogP contribution in [-0.2, 0) is 21.2 Å². The van der Waals surface area contributed by atoms with Crippen molar-refractivity contribution >= 4 is 27.3 Å². The van der Waals surface area contributed by atoms with Crippen molar-refractivity contribution in [1.82, 2.24) is 4.31 Å². The monoisotopic (exact) mass is 289 g/mol. The van der Waals surface area contributed by atoms with Gasteiger partial charge in [-0.15, -0.1) is 11.3 Å². The van der Waals surface area contributed by atoms with Crippen LogP contribution in [0.25, 0.3) is 0 Å². The first kappa shape index (κ1) is 13.5. The highest BCUT2D eigenvalue weighted by atomic mass is 32.2. The molecule has 0 aromatic carbocycles. The molecule has 1 aromatic heterocycles. The molecule has 1 aliphatic rings. The lowest BCUT2D eigenvalue weighted by atomic mass is 10.3. The van der Waals surface area contributed by atoms with Crippen LogP contribution in [-0.4, -0.2) is 36.4 Å². The van der Waals surface area contributed by atoms with Crippen LogP contribution in [0.2, 0.25) is 0 Å². The molecule has 1 N–H and O–H groups in total. The minimum Gasteiger partial charge on any atom is -0.481 e. The fraction of sp³-hybridized carbons (Fsp3) is 0.545. The van der Waals surface area contributed by atoms with Crippen LogP contribution in [0, 0.1) is 0 Å². The first-order chi connectivity index (χ1) is 8.41. The Labute approximate surface area is 110 Å². The second kappa shape index (κ2) is 4.99. The Morgan fingerprint density at radius 1 is 1.56 bits per heavy atom. The van der Waals surface area contributed by atoms with Gasteiger partial charge in [-0.25, -0.2) is 8.42 Å². The second-order valence-electron chi connectivity index (χ2n) is 4.40. The zero-order valence-electron chi connectivity index (χ0n) is 10.00. The molecular weight excluding hydrogens is 274 g/mol. The van der Waals surface area contributed by atoms with Crippen LogP contribution in [0.4, 0.5) is 0 Å². The van der Waals surface area contributed by atoms with Crippen molar-refractivity contribution in [1.29, 1.82) is 0 Å². The lowest BCUT2D eigenvalue weighted by Gasteiger charge is -2.19. The molecule has 0 radical (unpaired) electrons. The third-order valence-electron chi connectivity index (χ3n) is 3.02. The van der Waals surface area contributed by atoms with Gasteiger partial charge in [0.1, 0.15) is 4.21 Å².